The molecule has 0 saturated carbocycles. The Bertz CT molecular complexity index is 678. The summed E-state index contributed by atoms with van der Waals surface area (Å²) in [6, 6.07) is 1.60. The van der Waals surface area contributed by atoms with E-state index in [1.54, 1.807) is 13.8 Å². The number of nitrogens with zero attached hydrogens (tertiary/aromatic N) is 2. The molecule has 1 aromatic heterocycles. The van der Waals surface area contributed by atoms with E-state index in [4.69, 9.17) is 10.3 Å². The number of amides is 1. The van der Waals surface area contributed by atoms with Gasteiger partial charge in [0.15, 0.2) is 11.6 Å². The third-order valence-corrected chi connectivity index (χ3v) is 3.25. The lowest BCUT2D eigenvalue weighted by atomic mass is 10.1. The molecule has 0 fully saturated rings. The van der Waals surface area contributed by atoms with Crippen LogP contribution in [0, 0.1) is 25.5 Å². The van der Waals surface area contributed by atoms with E-state index in [1.165, 1.54) is 11.9 Å². The molecule has 1 heterocycles. The maximum Gasteiger partial charge on any atom is 0.256 e. The Morgan fingerprint density at radius 3 is 2.52 bits per heavy atom. The van der Waals surface area contributed by atoms with Crippen molar-refractivity contribution >= 4 is 11.6 Å². The summed E-state index contributed by atoms with van der Waals surface area (Å²) >= 11 is 0. The maximum atomic E-state index is 13.3. The molecule has 0 spiro atoms. The molecule has 2 rings (SSSR count). The van der Waals surface area contributed by atoms with Crippen molar-refractivity contribution < 1.29 is 18.1 Å². The minimum absolute atomic E-state index is 0.0804. The summed E-state index contributed by atoms with van der Waals surface area (Å²) in [7, 11) is 1.54. The third kappa shape index (κ3) is 2.86. The topological polar surface area (TPSA) is 72.4 Å². The van der Waals surface area contributed by atoms with Gasteiger partial charge in [-0.05, 0) is 19.9 Å². The fraction of sp³-hybridized carbons (Fsp3) is 0.286. The van der Waals surface area contributed by atoms with Crippen LogP contribution in [0.25, 0.3) is 0 Å². The number of aromatic nitrogens is 1. The fourth-order valence-corrected chi connectivity index (χ4v) is 1.99. The zero-order valence-electron chi connectivity index (χ0n) is 11.9. The van der Waals surface area contributed by atoms with Gasteiger partial charge >= 0.3 is 0 Å². The zero-order valence-corrected chi connectivity index (χ0v) is 11.9. The number of halogens is 2. The summed E-state index contributed by atoms with van der Waals surface area (Å²) in [5.41, 5.74) is 6.83. The predicted molar refractivity (Wildman–Crippen MR) is 72.5 cm³/mol. The van der Waals surface area contributed by atoms with Crippen LogP contribution in [0.1, 0.15) is 27.4 Å². The summed E-state index contributed by atoms with van der Waals surface area (Å²) in [5.74, 6) is -2.10. The van der Waals surface area contributed by atoms with Crippen molar-refractivity contribution in [2.24, 2.45) is 0 Å². The van der Waals surface area contributed by atoms with Gasteiger partial charge < -0.3 is 15.2 Å². The van der Waals surface area contributed by atoms with E-state index in [1.807, 2.05) is 0 Å². The molecule has 0 saturated heterocycles. The fourth-order valence-electron chi connectivity index (χ4n) is 1.99. The highest BCUT2D eigenvalue weighted by Gasteiger charge is 2.20. The van der Waals surface area contributed by atoms with E-state index in [-0.39, 0.29) is 17.8 Å². The predicted octanol–water partition coefficient (Wildman–Crippen LogP) is 2.42. The second-order valence-corrected chi connectivity index (χ2v) is 4.82. The van der Waals surface area contributed by atoms with E-state index >= 15 is 0 Å². The number of nitrogen functional groups attached to an aromatic ring is 1. The van der Waals surface area contributed by atoms with Gasteiger partial charge in [0.25, 0.3) is 5.91 Å². The molecule has 5 nitrogen and oxygen atoms in total. The number of rotatable bonds is 3. The summed E-state index contributed by atoms with van der Waals surface area (Å²) in [5, 5.41) is 3.80. The van der Waals surface area contributed by atoms with Crippen LogP contribution in [0.3, 0.4) is 0 Å². The lowest BCUT2D eigenvalue weighted by molar-refractivity contribution is 0.0785. The first-order valence-corrected chi connectivity index (χ1v) is 6.23. The monoisotopic (exact) mass is 295 g/mol. The Morgan fingerprint density at radius 2 is 1.95 bits per heavy atom. The summed E-state index contributed by atoms with van der Waals surface area (Å²) in [6.45, 7) is 3.73. The number of hydrogen-bond donors (Lipinski definition) is 1. The van der Waals surface area contributed by atoms with E-state index in [2.05, 4.69) is 5.16 Å². The van der Waals surface area contributed by atoms with Gasteiger partial charge in [0, 0.05) is 24.4 Å². The summed E-state index contributed by atoms with van der Waals surface area (Å²) in [4.78, 5) is 13.6. The van der Waals surface area contributed by atoms with Crippen molar-refractivity contribution in [2.75, 3.05) is 12.8 Å². The Balaban J connectivity index is 2.26. The number of carbonyl (C=O) groups is 1. The molecule has 112 valence electrons. The summed E-state index contributed by atoms with van der Waals surface area (Å²) < 4.78 is 31.3. The molecule has 2 N–H and O–H groups in total. The Labute approximate surface area is 120 Å². The third-order valence-electron chi connectivity index (χ3n) is 3.25. The number of hydrogen-bond acceptors (Lipinski definition) is 4. The smallest absolute Gasteiger partial charge is 0.256 e. The molecule has 0 aliphatic carbocycles. The summed E-state index contributed by atoms with van der Waals surface area (Å²) in [6.07, 6.45) is 0. The number of anilines is 1. The quantitative estimate of drug-likeness (QED) is 0.883. The minimum Gasteiger partial charge on any atom is -0.398 e. The first kappa shape index (κ1) is 15.0. The minimum atomic E-state index is -1.11. The van der Waals surface area contributed by atoms with Gasteiger partial charge in [-0.15, -0.1) is 0 Å². The van der Waals surface area contributed by atoms with Gasteiger partial charge in [-0.3, -0.25) is 4.79 Å². The van der Waals surface area contributed by atoms with E-state index in [0.717, 1.165) is 17.7 Å². The van der Waals surface area contributed by atoms with Crippen molar-refractivity contribution in [3.05, 3.63) is 46.3 Å². The largest absolute Gasteiger partial charge is 0.398 e. The van der Waals surface area contributed by atoms with Crippen LogP contribution in [-0.2, 0) is 6.54 Å². The van der Waals surface area contributed by atoms with Gasteiger partial charge in [-0.25, -0.2) is 8.78 Å². The first-order chi connectivity index (χ1) is 9.81. The molecule has 1 amide bonds. The van der Waals surface area contributed by atoms with E-state index < -0.39 is 17.5 Å². The molecule has 0 aliphatic rings. The number of benzene rings is 1. The lowest BCUT2D eigenvalue weighted by Crippen LogP contribution is -2.27. The average Bonchev–Trinajstić information content (AvgIpc) is 2.74. The number of carbonyl (C=O) groups excluding carboxylic acids is 1. The van der Waals surface area contributed by atoms with Crippen LogP contribution < -0.4 is 5.73 Å². The molecule has 0 bridgehead atoms. The molecule has 21 heavy (non-hydrogen) atoms. The average molecular weight is 295 g/mol. The van der Waals surface area contributed by atoms with Crippen molar-refractivity contribution in [2.45, 2.75) is 20.4 Å². The van der Waals surface area contributed by atoms with Gasteiger partial charge in [0.05, 0.1) is 17.8 Å². The molecule has 0 unspecified atom stereocenters. The van der Waals surface area contributed by atoms with Crippen LogP contribution in [0.5, 0.6) is 0 Å². The molecular weight excluding hydrogens is 280 g/mol. The molecular formula is C14H15F2N3O2. The van der Waals surface area contributed by atoms with Gasteiger partial charge in [-0.2, -0.15) is 0 Å². The molecule has 7 heteroatoms. The standard InChI is InChI=1S/C14H15F2N3O2/c1-7-10(8(2)21-18-7)6-19(3)14(20)9-4-11(15)12(16)5-13(9)17/h4-5H,6,17H2,1-3H3. The van der Waals surface area contributed by atoms with E-state index in [9.17, 15) is 13.6 Å². The van der Waals surface area contributed by atoms with Crippen molar-refractivity contribution in [3.8, 4) is 0 Å². The van der Waals surface area contributed by atoms with Gasteiger partial charge in [-0.1, -0.05) is 5.16 Å². The molecule has 2 aromatic rings. The van der Waals surface area contributed by atoms with Crippen molar-refractivity contribution in [1.29, 1.82) is 0 Å². The van der Waals surface area contributed by atoms with Crippen molar-refractivity contribution in [3.63, 3.8) is 0 Å². The lowest BCUT2D eigenvalue weighted by Gasteiger charge is -2.18. The number of aryl methyl sites for hydroxylation is 2. The first-order valence-electron chi connectivity index (χ1n) is 6.23. The molecule has 1 aromatic carbocycles. The second-order valence-electron chi connectivity index (χ2n) is 4.82. The molecule has 0 aliphatic heterocycles. The molecule has 0 atom stereocenters. The number of nitrogens with two attached hydrogens (primary N) is 1. The Kier molecular flexibility index (Phi) is 3.93. The van der Waals surface area contributed by atoms with Crippen LogP contribution in [0.15, 0.2) is 16.7 Å². The van der Waals surface area contributed by atoms with Gasteiger partial charge in [0.2, 0.25) is 0 Å². The van der Waals surface area contributed by atoms with Crippen LogP contribution in [0.4, 0.5) is 14.5 Å². The second kappa shape index (κ2) is 5.51. The normalized spacial score (nSPS) is 10.7. The van der Waals surface area contributed by atoms with Crippen molar-refractivity contribution in [1.82, 2.24) is 10.1 Å². The van der Waals surface area contributed by atoms with Crippen LogP contribution >= 0.6 is 0 Å². The van der Waals surface area contributed by atoms with Crippen LogP contribution in [-0.4, -0.2) is 23.0 Å². The van der Waals surface area contributed by atoms with Crippen LogP contribution in [0.2, 0.25) is 0 Å². The highest BCUT2D eigenvalue weighted by Crippen LogP contribution is 2.20. The zero-order chi connectivity index (χ0) is 15.7. The SMILES string of the molecule is Cc1noc(C)c1CN(C)C(=O)c1cc(F)c(F)cc1N. The molecule has 0 radical (unpaired) electrons. The Hall–Kier alpha value is -2.44. The van der Waals surface area contributed by atoms with Gasteiger partial charge in [0.1, 0.15) is 5.76 Å². The van der Waals surface area contributed by atoms with E-state index in [0.29, 0.717) is 11.5 Å². The highest BCUT2D eigenvalue weighted by molar-refractivity contribution is 5.99. The Morgan fingerprint density at radius 1 is 1.33 bits per heavy atom. The maximum absolute atomic E-state index is 13.3. The highest BCUT2D eigenvalue weighted by atomic mass is 19.2.